The van der Waals surface area contributed by atoms with Crippen LogP contribution in [0, 0.1) is 0 Å². The molecule has 76 valence electrons. The van der Waals surface area contributed by atoms with E-state index in [0.717, 1.165) is 18.7 Å². The van der Waals surface area contributed by atoms with E-state index in [1.807, 2.05) is 30.3 Å². The second kappa shape index (κ2) is 5.01. The Kier molecular flexibility index (Phi) is 3.41. The van der Waals surface area contributed by atoms with E-state index in [0.29, 0.717) is 0 Å². The van der Waals surface area contributed by atoms with Crippen molar-refractivity contribution in [2.24, 2.45) is 0 Å². The third kappa shape index (κ3) is 2.74. The van der Waals surface area contributed by atoms with Crippen LogP contribution in [-0.2, 0) is 0 Å². The summed E-state index contributed by atoms with van der Waals surface area (Å²) >= 11 is 0. The molecule has 1 aromatic carbocycles. The third-order valence-electron chi connectivity index (χ3n) is 2.54. The number of hydrogen-bond donors (Lipinski definition) is 1. The summed E-state index contributed by atoms with van der Waals surface area (Å²) in [7, 11) is 0. The first-order valence-electron chi connectivity index (χ1n) is 5.40. The average molecular weight is 191 g/mol. The van der Waals surface area contributed by atoms with Crippen molar-refractivity contribution in [2.75, 3.05) is 6.54 Å². The lowest BCUT2D eigenvalue weighted by atomic mass is 10.2. The first kappa shape index (κ1) is 9.53. The number of rotatable bonds is 2. The molecule has 0 aliphatic carbocycles. The highest BCUT2D eigenvalue weighted by Crippen LogP contribution is 2.15. The highest BCUT2D eigenvalue weighted by atomic mass is 16.5. The van der Waals surface area contributed by atoms with E-state index >= 15 is 0 Å². The summed E-state index contributed by atoms with van der Waals surface area (Å²) in [5, 5.41) is 3.41. The van der Waals surface area contributed by atoms with Crippen molar-refractivity contribution in [3.8, 4) is 5.75 Å². The highest BCUT2D eigenvalue weighted by molar-refractivity contribution is 5.21. The van der Waals surface area contributed by atoms with Crippen LogP contribution in [0.25, 0.3) is 0 Å². The largest absolute Gasteiger partial charge is 0.475 e. The minimum absolute atomic E-state index is 0.208. The van der Waals surface area contributed by atoms with Gasteiger partial charge >= 0.3 is 0 Å². The van der Waals surface area contributed by atoms with Crippen LogP contribution in [-0.4, -0.2) is 12.8 Å². The molecule has 1 aliphatic heterocycles. The van der Waals surface area contributed by atoms with Gasteiger partial charge in [-0.15, -0.1) is 0 Å². The fourth-order valence-corrected chi connectivity index (χ4v) is 1.76. The third-order valence-corrected chi connectivity index (χ3v) is 2.54. The van der Waals surface area contributed by atoms with E-state index in [9.17, 15) is 0 Å². The molecule has 1 saturated heterocycles. The van der Waals surface area contributed by atoms with Crippen LogP contribution in [0.3, 0.4) is 0 Å². The van der Waals surface area contributed by atoms with Gasteiger partial charge in [-0.05, 0) is 37.9 Å². The molecule has 14 heavy (non-hydrogen) atoms. The van der Waals surface area contributed by atoms with Gasteiger partial charge in [0.2, 0.25) is 0 Å². The molecule has 0 spiro atoms. The zero-order valence-corrected chi connectivity index (χ0v) is 8.41. The monoisotopic (exact) mass is 191 g/mol. The topological polar surface area (TPSA) is 21.3 Å². The highest BCUT2D eigenvalue weighted by Gasteiger charge is 2.11. The van der Waals surface area contributed by atoms with Gasteiger partial charge in [0, 0.05) is 0 Å². The summed E-state index contributed by atoms with van der Waals surface area (Å²) in [5.74, 6) is 0.965. The van der Waals surface area contributed by atoms with Crippen molar-refractivity contribution < 1.29 is 4.74 Å². The van der Waals surface area contributed by atoms with Crippen molar-refractivity contribution in [3.05, 3.63) is 30.3 Å². The maximum absolute atomic E-state index is 5.82. The normalized spacial score (nSPS) is 22.7. The zero-order chi connectivity index (χ0) is 9.64. The molecule has 1 heterocycles. The summed E-state index contributed by atoms with van der Waals surface area (Å²) < 4.78 is 5.82. The maximum atomic E-state index is 5.82. The molecular weight excluding hydrogens is 174 g/mol. The fraction of sp³-hybridized carbons (Fsp3) is 0.500. The Hall–Kier alpha value is -1.02. The van der Waals surface area contributed by atoms with Crippen LogP contribution >= 0.6 is 0 Å². The van der Waals surface area contributed by atoms with Crippen molar-refractivity contribution in [1.82, 2.24) is 5.32 Å². The number of hydrogen-bond acceptors (Lipinski definition) is 2. The molecule has 1 atom stereocenters. The second-order valence-electron chi connectivity index (χ2n) is 3.72. The molecule has 0 radical (unpaired) electrons. The van der Waals surface area contributed by atoms with Gasteiger partial charge in [-0.25, -0.2) is 0 Å². The summed E-state index contributed by atoms with van der Waals surface area (Å²) in [6.45, 7) is 1.08. The van der Waals surface area contributed by atoms with Gasteiger partial charge in [-0.1, -0.05) is 24.6 Å². The van der Waals surface area contributed by atoms with Gasteiger partial charge < -0.3 is 4.74 Å². The van der Waals surface area contributed by atoms with Crippen LogP contribution in [0.5, 0.6) is 5.75 Å². The smallest absolute Gasteiger partial charge is 0.150 e. The number of nitrogens with one attached hydrogen (secondary N) is 1. The predicted octanol–water partition coefficient (Wildman–Crippen LogP) is 2.56. The fourth-order valence-electron chi connectivity index (χ4n) is 1.76. The maximum Gasteiger partial charge on any atom is 0.150 e. The summed E-state index contributed by atoms with van der Waals surface area (Å²) in [6, 6.07) is 10.0. The first-order chi connectivity index (χ1) is 6.95. The molecular formula is C12H17NO. The molecule has 0 aromatic heterocycles. The van der Waals surface area contributed by atoms with E-state index in [1.165, 1.54) is 19.3 Å². The lowest BCUT2D eigenvalue weighted by molar-refractivity contribution is 0.160. The molecule has 1 aliphatic rings. The van der Waals surface area contributed by atoms with Crippen LogP contribution in [0.4, 0.5) is 0 Å². The number of para-hydroxylation sites is 1. The lowest BCUT2D eigenvalue weighted by Crippen LogP contribution is -2.33. The molecule has 0 saturated carbocycles. The first-order valence-corrected chi connectivity index (χ1v) is 5.40. The van der Waals surface area contributed by atoms with E-state index in [-0.39, 0.29) is 6.23 Å². The SMILES string of the molecule is c1ccc(OC2CCCCCN2)cc1. The average Bonchev–Trinajstić information content (AvgIpc) is 2.48. The Morgan fingerprint density at radius 2 is 1.93 bits per heavy atom. The number of ether oxygens (including phenoxy) is 1. The van der Waals surface area contributed by atoms with Gasteiger partial charge in [0.05, 0.1) is 0 Å². The number of benzene rings is 1. The molecule has 0 amide bonds. The van der Waals surface area contributed by atoms with E-state index in [2.05, 4.69) is 5.32 Å². The van der Waals surface area contributed by atoms with Gasteiger partial charge in [0.15, 0.2) is 0 Å². The zero-order valence-electron chi connectivity index (χ0n) is 8.41. The Balaban J connectivity index is 1.90. The van der Waals surface area contributed by atoms with Crippen molar-refractivity contribution >= 4 is 0 Å². The Labute approximate surface area is 85.3 Å². The van der Waals surface area contributed by atoms with Crippen LogP contribution in [0.15, 0.2) is 30.3 Å². The lowest BCUT2D eigenvalue weighted by Gasteiger charge is -2.17. The molecule has 1 fully saturated rings. The summed E-state index contributed by atoms with van der Waals surface area (Å²) in [5.41, 5.74) is 0. The van der Waals surface area contributed by atoms with Gasteiger partial charge in [-0.2, -0.15) is 0 Å². The molecule has 0 bridgehead atoms. The molecule has 1 aromatic rings. The molecule has 2 heteroatoms. The Bertz CT molecular complexity index is 252. The van der Waals surface area contributed by atoms with Gasteiger partial charge in [0.25, 0.3) is 0 Å². The van der Waals surface area contributed by atoms with Crippen molar-refractivity contribution in [2.45, 2.75) is 31.9 Å². The Morgan fingerprint density at radius 1 is 1.07 bits per heavy atom. The molecule has 1 unspecified atom stereocenters. The van der Waals surface area contributed by atoms with E-state index < -0.39 is 0 Å². The van der Waals surface area contributed by atoms with Crippen molar-refractivity contribution in [3.63, 3.8) is 0 Å². The van der Waals surface area contributed by atoms with Crippen LogP contribution in [0.2, 0.25) is 0 Å². The van der Waals surface area contributed by atoms with Crippen LogP contribution < -0.4 is 10.1 Å². The standard InChI is InChI=1S/C12H17NO/c1-3-7-11(8-4-1)14-12-9-5-2-6-10-13-12/h1,3-4,7-8,12-13H,2,5-6,9-10H2. The minimum atomic E-state index is 0.208. The predicted molar refractivity (Wildman–Crippen MR) is 57.3 cm³/mol. The van der Waals surface area contributed by atoms with E-state index in [1.54, 1.807) is 0 Å². The summed E-state index contributed by atoms with van der Waals surface area (Å²) in [6.07, 6.45) is 5.19. The van der Waals surface area contributed by atoms with Gasteiger partial charge in [0.1, 0.15) is 12.0 Å². The van der Waals surface area contributed by atoms with Crippen LogP contribution in [0.1, 0.15) is 25.7 Å². The molecule has 1 N–H and O–H groups in total. The quantitative estimate of drug-likeness (QED) is 0.775. The van der Waals surface area contributed by atoms with E-state index in [4.69, 9.17) is 4.74 Å². The van der Waals surface area contributed by atoms with Crippen molar-refractivity contribution in [1.29, 1.82) is 0 Å². The van der Waals surface area contributed by atoms with Gasteiger partial charge in [-0.3, -0.25) is 5.32 Å². The second-order valence-corrected chi connectivity index (χ2v) is 3.72. The summed E-state index contributed by atoms with van der Waals surface area (Å²) in [4.78, 5) is 0. The minimum Gasteiger partial charge on any atom is -0.475 e. The molecule has 2 rings (SSSR count). The Morgan fingerprint density at radius 3 is 2.79 bits per heavy atom. The molecule has 2 nitrogen and oxygen atoms in total.